The van der Waals surface area contributed by atoms with E-state index in [1.165, 1.54) is 32.4 Å². The summed E-state index contributed by atoms with van der Waals surface area (Å²) >= 11 is 11.7. The first-order valence-corrected chi connectivity index (χ1v) is 8.30. The van der Waals surface area contributed by atoms with Gasteiger partial charge in [0.1, 0.15) is 11.5 Å². The molecule has 0 aliphatic carbocycles. The predicted octanol–water partition coefficient (Wildman–Crippen LogP) is 3.81. The standard InChI is InChI=1S/C14H13Cl2NO4S/c1-20-11-3-4-13(14(8-11)21-2)17-22(18,19)12-6-9(15)5-10(16)7-12/h3-8,17H,1-2H3. The van der Waals surface area contributed by atoms with Crippen molar-refractivity contribution in [1.29, 1.82) is 0 Å². The zero-order chi connectivity index (χ0) is 16.3. The van der Waals surface area contributed by atoms with Gasteiger partial charge in [0.15, 0.2) is 0 Å². The molecule has 0 unspecified atom stereocenters. The number of halogens is 2. The Labute approximate surface area is 138 Å². The maximum Gasteiger partial charge on any atom is 0.262 e. The summed E-state index contributed by atoms with van der Waals surface area (Å²) in [4.78, 5) is -0.0390. The first-order valence-electron chi connectivity index (χ1n) is 6.06. The van der Waals surface area contributed by atoms with Crippen molar-refractivity contribution >= 4 is 38.9 Å². The third-order valence-corrected chi connectivity index (χ3v) is 4.58. The molecule has 118 valence electrons. The Morgan fingerprint density at radius 1 is 0.955 bits per heavy atom. The molecule has 1 N–H and O–H groups in total. The largest absolute Gasteiger partial charge is 0.497 e. The highest BCUT2D eigenvalue weighted by Gasteiger charge is 2.18. The van der Waals surface area contributed by atoms with E-state index in [0.717, 1.165) is 0 Å². The molecule has 2 rings (SSSR count). The normalized spacial score (nSPS) is 11.1. The fraction of sp³-hybridized carbons (Fsp3) is 0.143. The van der Waals surface area contributed by atoms with Crippen molar-refractivity contribution in [2.75, 3.05) is 18.9 Å². The molecule has 0 saturated carbocycles. The smallest absolute Gasteiger partial charge is 0.262 e. The molecular formula is C14H13Cl2NO4S. The van der Waals surface area contributed by atoms with Crippen molar-refractivity contribution in [3.05, 3.63) is 46.4 Å². The zero-order valence-corrected chi connectivity index (χ0v) is 14.1. The first kappa shape index (κ1) is 16.7. The minimum Gasteiger partial charge on any atom is -0.497 e. The van der Waals surface area contributed by atoms with E-state index >= 15 is 0 Å². The van der Waals surface area contributed by atoms with Gasteiger partial charge in [-0.3, -0.25) is 4.72 Å². The molecule has 5 nitrogen and oxygen atoms in total. The number of hydrogen-bond acceptors (Lipinski definition) is 4. The molecule has 0 aliphatic rings. The Kier molecular flexibility index (Phi) is 5.05. The van der Waals surface area contributed by atoms with E-state index in [-0.39, 0.29) is 20.6 Å². The molecule has 0 atom stereocenters. The molecule has 0 aromatic heterocycles. The summed E-state index contributed by atoms with van der Waals surface area (Å²) in [7, 11) is -0.910. The van der Waals surface area contributed by atoms with Gasteiger partial charge in [0.05, 0.1) is 24.8 Å². The lowest BCUT2D eigenvalue weighted by molar-refractivity contribution is 0.395. The van der Waals surface area contributed by atoms with Gasteiger partial charge >= 0.3 is 0 Å². The molecule has 0 aliphatic heterocycles. The van der Waals surface area contributed by atoms with Gasteiger partial charge in [0, 0.05) is 16.1 Å². The molecule has 0 saturated heterocycles. The van der Waals surface area contributed by atoms with Crippen molar-refractivity contribution in [1.82, 2.24) is 0 Å². The topological polar surface area (TPSA) is 64.6 Å². The Hall–Kier alpha value is -1.63. The van der Waals surface area contributed by atoms with Gasteiger partial charge in [-0.25, -0.2) is 8.42 Å². The maximum absolute atomic E-state index is 12.4. The number of methoxy groups -OCH3 is 2. The second-order valence-electron chi connectivity index (χ2n) is 4.28. The van der Waals surface area contributed by atoms with E-state index in [9.17, 15) is 8.42 Å². The molecule has 8 heteroatoms. The van der Waals surface area contributed by atoms with Crippen molar-refractivity contribution in [3.63, 3.8) is 0 Å². The van der Waals surface area contributed by atoms with Crippen LogP contribution in [0.25, 0.3) is 0 Å². The Bertz CT molecular complexity index is 773. The second-order valence-corrected chi connectivity index (χ2v) is 6.83. The van der Waals surface area contributed by atoms with E-state index in [0.29, 0.717) is 11.5 Å². The van der Waals surface area contributed by atoms with Crippen LogP contribution in [0.4, 0.5) is 5.69 Å². The number of sulfonamides is 1. The fourth-order valence-corrected chi connectivity index (χ4v) is 3.57. The van der Waals surface area contributed by atoms with E-state index < -0.39 is 10.0 Å². The molecular weight excluding hydrogens is 349 g/mol. The van der Waals surface area contributed by atoms with Crippen LogP contribution in [0.2, 0.25) is 10.0 Å². The number of rotatable bonds is 5. The molecule has 0 bridgehead atoms. The highest BCUT2D eigenvalue weighted by Crippen LogP contribution is 2.31. The molecule has 2 aromatic carbocycles. The Balaban J connectivity index is 2.40. The molecule has 0 heterocycles. The molecule has 0 amide bonds. The highest BCUT2D eigenvalue weighted by atomic mass is 35.5. The van der Waals surface area contributed by atoms with Crippen LogP contribution in [-0.2, 0) is 10.0 Å². The van der Waals surface area contributed by atoms with Crippen LogP contribution in [0.1, 0.15) is 0 Å². The van der Waals surface area contributed by atoms with E-state index in [1.807, 2.05) is 0 Å². The lowest BCUT2D eigenvalue weighted by Gasteiger charge is -2.13. The van der Waals surface area contributed by atoms with Gasteiger partial charge in [-0.1, -0.05) is 23.2 Å². The molecule has 22 heavy (non-hydrogen) atoms. The lowest BCUT2D eigenvalue weighted by atomic mass is 10.3. The van der Waals surface area contributed by atoms with Crippen LogP contribution in [0.15, 0.2) is 41.3 Å². The van der Waals surface area contributed by atoms with Gasteiger partial charge in [-0.2, -0.15) is 0 Å². The van der Waals surface area contributed by atoms with Crippen LogP contribution >= 0.6 is 23.2 Å². The van der Waals surface area contributed by atoms with Gasteiger partial charge in [-0.15, -0.1) is 0 Å². The monoisotopic (exact) mass is 361 g/mol. The van der Waals surface area contributed by atoms with E-state index in [1.54, 1.807) is 18.2 Å². The highest BCUT2D eigenvalue weighted by molar-refractivity contribution is 7.92. The molecule has 0 fully saturated rings. The first-order chi connectivity index (χ1) is 10.4. The van der Waals surface area contributed by atoms with Crippen LogP contribution in [0.5, 0.6) is 11.5 Å². The number of ether oxygens (including phenoxy) is 2. The van der Waals surface area contributed by atoms with Gasteiger partial charge in [0.25, 0.3) is 10.0 Å². The SMILES string of the molecule is COc1ccc(NS(=O)(=O)c2cc(Cl)cc(Cl)c2)c(OC)c1. The summed E-state index contributed by atoms with van der Waals surface area (Å²) in [5.74, 6) is 0.877. The van der Waals surface area contributed by atoms with Crippen molar-refractivity contribution in [2.45, 2.75) is 4.90 Å². The van der Waals surface area contributed by atoms with Gasteiger partial charge < -0.3 is 9.47 Å². The van der Waals surface area contributed by atoms with Crippen LogP contribution < -0.4 is 14.2 Å². The molecule has 0 radical (unpaired) electrons. The summed E-state index contributed by atoms with van der Waals surface area (Å²) in [5, 5.41) is 0.462. The fourth-order valence-electron chi connectivity index (χ4n) is 1.77. The lowest BCUT2D eigenvalue weighted by Crippen LogP contribution is -2.13. The number of benzene rings is 2. The Morgan fingerprint density at radius 2 is 1.59 bits per heavy atom. The van der Waals surface area contributed by atoms with Gasteiger partial charge in [-0.05, 0) is 30.3 Å². The van der Waals surface area contributed by atoms with Crippen LogP contribution in [0.3, 0.4) is 0 Å². The predicted molar refractivity (Wildman–Crippen MR) is 86.8 cm³/mol. The summed E-state index contributed by atoms with van der Waals surface area (Å²) in [6.45, 7) is 0. The van der Waals surface area contributed by atoms with E-state index in [4.69, 9.17) is 32.7 Å². The minimum atomic E-state index is -3.85. The zero-order valence-electron chi connectivity index (χ0n) is 11.8. The minimum absolute atomic E-state index is 0.0390. The van der Waals surface area contributed by atoms with Crippen molar-refractivity contribution in [3.8, 4) is 11.5 Å². The van der Waals surface area contributed by atoms with Crippen LogP contribution in [-0.4, -0.2) is 22.6 Å². The third-order valence-electron chi connectivity index (χ3n) is 2.80. The Morgan fingerprint density at radius 3 is 2.14 bits per heavy atom. The van der Waals surface area contributed by atoms with Gasteiger partial charge in [0.2, 0.25) is 0 Å². The summed E-state index contributed by atoms with van der Waals surface area (Å²) in [5.41, 5.74) is 0.277. The average Bonchev–Trinajstić information content (AvgIpc) is 2.46. The second kappa shape index (κ2) is 6.64. The number of hydrogen-bond donors (Lipinski definition) is 1. The maximum atomic E-state index is 12.4. The molecule has 2 aromatic rings. The summed E-state index contributed by atoms with van der Waals surface area (Å²) in [6, 6.07) is 8.81. The van der Waals surface area contributed by atoms with Crippen LogP contribution in [0, 0.1) is 0 Å². The van der Waals surface area contributed by atoms with Crippen molar-refractivity contribution in [2.24, 2.45) is 0 Å². The summed E-state index contributed by atoms with van der Waals surface area (Å²) < 4.78 is 37.5. The average molecular weight is 362 g/mol. The number of anilines is 1. The summed E-state index contributed by atoms with van der Waals surface area (Å²) in [6.07, 6.45) is 0. The quantitative estimate of drug-likeness (QED) is 0.879. The number of nitrogens with one attached hydrogen (secondary N) is 1. The molecule has 0 spiro atoms. The van der Waals surface area contributed by atoms with Crippen molar-refractivity contribution < 1.29 is 17.9 Å². The van der Waals surface area contributed by atoms with E-state index in [2.05, 4.69) is 4.72 Å². The third kappa shape index (κ3) is 3.76.